The van der Waals surface area contributed by atoms with Crippen LogP contribution in [0.15, 0.2) is 78.9 Å². The van der Waals surface area contributed by atoms with Crippen LogP contribution >= 0.6 is 0 Å². The Kier molecular flexibility index (Phi) is 6.58. The molecule has 0 unspecified atom stereocenters. The molecule has 1 amide bonds. The van der Waals surface area contributed by atoms with Crippen molar-refractivity contribution in [3.63, 3.8) is 0 Å². The normalized spacial score (nSPS) is 13.9. The number of benzene rings is 3. The Morgan fingerprint density at radius 1 is 0.806 bits per heavy atom. The molecule has 36 heavy (non-hydrogen) atoms. The van der Waals surface area contributed by atoms with Gasteiger partial charge in [0, 0.05) is 35.9 Å². The van der Waals surface area contributed by atoms with Crippen LogP contribution in [-0.2, 0) is 4.79 Å². The number of phenolic OH excluding ortho intramolecular Hbond substituents is 2. The minimum Gasteiger partial charge on any atom is -0.508 e. The van der Waals surface area contributed by atoms with E-state index in [1.54, 1.807) is 30.3 Å². The van der Waals surface area contributed by atoms with Gasteiger partial charge in [-0.15, -0.1) is 0 Å². The Labute approximate surface area is 210 Å². The third kappa shape index (κ3) is 4.89. The van der Waals surface area contributed by atoms with Gasteiger partial charge in [0.1, 0.15) is 11.5 Å². The molecule has 6 nitrogen and oxygen atoms in total. The van der Waals surface area contributed by atoms with Gasteiger partial charge in [-0.05, 0) is 86.4 Å². The summed E-state index contributed by atoms with van der Waals surface area (Å²) in [6, 6.07) is 22.0. The molecule has 5 rings (SSSR count). The van der Waals surface area contributed by atoms with E-state index in [1.807, 2.05) is 71.1 Å². The fraction of sp³-hybridized carbons (Fsp3) is 0.200. The van der Waals surface area contributed by atoms with Crippen molar-refractivity contribution in [2.45, 2.75) is 26.2 Å². The average Bonchev–Trinajstić information content (AvgIpc) is 3.26. The molecule has 6 heteroatoms. The molecule has 1 saturated heterocycles. The zero-order valence-electron chi connectivity index (χ0n) is 20.3. The maximum Gasteiger partial charge on any atom is 0.246 e. The van der Waals surface area contributed by atoms with Crippen LogP contribution in [-0.4, -0.2) is 43.9 Å². The van der Waals surface area contributed by atoms with E-state index in [4.69, 9.17) is 5.10 Å². The molecule has 3 aromatic carbocycles. The van der Waals surface area contributed by atoms with E-state index in [9.17, 15) is 15.0 Å². The van der Waals surface area contributed by atoms with E-state index in [0.29, 0.717) is 0 Å². The summed E-state index contributed by atoms with van der Waals surface area (Å²) in [6.45, 7) is 3.71. The Hall–Kier alpha value is -4.32. The molecule has 1 aliphatic heterocycles. The van der Waals surface area contributed by atoms with Crippen LogP contribution in [0.2, 0.25) is 0 Å². The SMILES string of the molecule is Cc1c(-c2ccc(O)cc2)nn(-c2ccc(O)cc2)c1-c1ccc(/C=C/C(=O)N2CCCCC2)cc1. The summed E-state index contributed by atoms with van der Waals surface area (Å²) in [5.74, 6) is 0.466. The molecule has 182 valence electrons. The smallest absolute Gasteiger partial charge is 0.246 e. The van der Waals surface area contributed by atoms with E-state index < -0.39 is 0 Å². The van der Waals surface area contributed by atoms with E-state index in [1.165, 1.54) is 6.42 Å². The zero-order valence-corrected chi connectivity index (χ0v) is 20.3. The van der Waals surface area contributed by atoms with Gasteiger partial charge in [0.05, 0.1) is 17.1 Å². The summed E-state index contributed by atoms with van der Waals surface area (Å²) in [5, 5.41) is 24.4. The number of hydrogen-bond donors (Lipinski definition) is 2. The van der Waals surface area contributed by atoms with Crippen LogP contribution in [0, 0.1) is 6.92 Å². The lowest BCUT2D eigenvalue weighted by Crippen LogP contribution is -2.34. The van der Waals surface area contributed by atoms with Gasteiger partial charge >= 0.3 is 0 Å². The van der Waals surface area contributed by atoms with Crippen molar-refractivity contribution in [1.29, 1.82) is 0 Å². The van der Waals surface area contributed by atoms with Crippen molar-refractivity contribution < 1.29 is 15.0 Å². The van der Waals surface area contributed by atoms with E-state index >= 15 is 0 Å². The number of carbonyl (C=O) groups is 1. The number of nitrogens with zero attached hydrogens (tertiary/aromatic N) is 3. The maximum absolute atomic E-state index is 12.5. The molecule has 1 fully saturated rings. The highest BCUT2D eigenvalue weighted by Gasteiger charge is 2.19. The Balaban J connectivity index is 1.49. The fourth-order valence-corrected chi connectivity index (χ4v) is 4.65. The molecule has 0 saturated carbocycles. The standard InChI is InChI=1S/C30H29N3O3/c1-21-29(23-10-14-26(34)15-11-23)31-33(25-12-16-27(35)17-13-25)30(21)24-8-5-22(6-9-24)7-18-28(36)32-19-3-2-4-20-32/h5-18,34-35H,2-4,19-20H2,1H3/b18-7+. The molecule has 0 bridgehead atoms. The number of piperidine rings is 1. The van der Waals surface area contributed by atoms with Gasteiger partial charge in [-0.2, -0.15) is 5.10 Å². The second-order valence-corrected chi connectivity index (χ2v) is 9.14. The number of aromatic hydroxyl groups is 2. The van der Waals surface area contributed by atoms with Gasteiger partial charge in [-0.1, -0.05) is 24.3 Å². The third-order valence-corrected chi connectivity index (χ3v) is 6.63. The van der Waals surface area contributed by atoms with Crippen molar-refractivity contribution in [2.24, 2.45) is 0 Å². The summed E-state index contributed by atoms with van der Waals surface area (Å²) in [6.07, 6.45) is 6.88. The first-order valence-electron chi connectivity index (χ1n) is 12.3. The highest BCUT2D eigenvalue weighted by molar-refractivity contribution is 5.92. The minimum atomic E-state index is 0.0681. The number of hydrogen-bond acceptors (Lipinski definition) is 4. The molecule has 0 radical (unpaired) electrons. The Bertz CT molecular complexity index is 1380. The quantitative estimate of drug-likeness (QED) is 0.347. The topological polar surface area (TPSA) is 78.6 Å². The number of carbonyl (C=O) groups excluding carboxylic acids is 1. The van der Waals surface area contributed by atoms with Gasteiger partial charge in [0.2, 0.25) is 5.91 Å². The lowest BCUT2D eigenvalue weighted by molar-refractivity contribution is -0.126. The number of amides is 1. The lowest BCUT2D eigenvalue weighted by atomic mass is 10.0. The second kappa shape index (κ2) is 10.1. The predicted molar refractivity (Wildman–Crippen MR) is 142 cm³/mol. The van der Waals surface area contributed by atoms with Crippen molar-refractivity contribution in [1.82, 2.24) is 14.7 Å². The van der Waals surface area contributed by atoms with Crippen molar-refractivity contribution in [3.05, 3.63) is 90.0 Å². The summed E-state index contributed by atoms with van der Waals surface area (Å²) in [7, 11) is 0. The van der Waals surface area contributed by atoms with Gasteiger partial charge in [0.25, 0.3) is 0 Å². The highest BCUT2D eigenvalue weighted by Crippen LogP contribution is 2.34. The molecule has 4 aromatic rings. The van der Waals surface area contributed by atoms with Crippen LogP contribution in [0.25, 0.3) is 34.3 Å². The van der Waals surface area contributed by atoms with Crippen LogP contribution < -0.4 is 0 Å². The predicted octanol–water partition coefficient (Wildman–Crippen LogP) is 5.95. The average molecular weight is 480 g/mol. The summed E-state index contributed by atoms with van der Waals surface area (Å²) < 4.78 is 1.88. The lowest BCUT2D eigenvalue weighted by Gasteiger charge is -2.25. The highest BCUT2D eigenvalue weighted by atomic mass is 16.3. The molecule has 0 spiro atoms. The Morgan fingerprint density at radius 3 is 2.03 bits per heavy atom. The largest absolute Gasteiger partial charge is 0.508 e. The minimum absolute atomic E-state index is 0.0681. The zero-order chi connectivity index (χ0) is 25.1. The van der Waals surface area contributed by atoms with Gasteiger partial charge in [-0.3, -0.25) is 4.79 Å². The van der Waals surface area contributed by atoms with Crippen molar-refractivity contribution >= 4 is 12.0 Å². The van der Waals surface area contributed by atoms with Gasteiger partial charge in [-0.25, -0.2) is 4.68 Å². The number of aromatic nitrogens is 2. The monoisotopic (exact) mass is 479 g/mol. The Morgan fingerprint density at radius 2 is 1.39 bits per heavy atom. The molecule has 1 aliphatic rings. The van der Waals surface area contributed by atoms with Crippen LogP contribution in [0.1, 0.15) is 30.4 Å². The van der Waals surface area contributed by atoms with Gasteiger partial charge in [0.15, 0.2) is 0 Å². The van der Waals surface area contributed by atoms with Crippen molar-refractivity contribution in [2.75, 3.05) is 13.1 Å². The summed E-state index contributed by atoms with van der Waals surface area (Å²) in [4.78, 5) is 14.4. The number of rotatable bonds is 5. The maximum atomic E-state index is 12.5. The van der Waals surface area contributed by atoms with Crippen molar-refractivity contribution in [3.8, 4) is 39.7 Å². The van der Waals surface area contributed by atoms with E-state index in [-0.39, 0.29) is 17.4 Å². The second-order valence-electron chi connectivity index (χ2n) is 9.14. The third-order valence-electron chi connectivity index (χ3n) is 6.63. The van der Waals surface area contributed by atoms with Crippen LogP contribution in [0.5, 0.6) is 11.5 Å². The van der Waals surface area contributed by atoms with Crippen LogP contribution in [0.4, 0.5) is 0 Å². The number of phenols is 2. The first-order valence-corrected chi connectivity index (χ1v) is 12.3. The molecule has 0 atom stereocenters. The van der Waals surface area contributed by atoms with E-state index in [2.05, 4.69) is 0 Å². The number of likely N-dealkylation sites (tertiary alicyclic amines) is 1. The molecule has 2 N–H and O–H groups in total. The van der Waals surface area contributed by atoms with Gasteiger partial charge < -0.3 is 15.1 Å². The first-order chi connectivity index (χ1) is 17.5. The van der Waals surface area contributed by atoms with E-state index in [0.717, 1.165) is 65.3 Å². The summed E-state index contributed by atoms with van der Waals surface area (Å²) >= 11 is 0. The first kappa shape index (κ1) is 23.4. The molecule has 1 aromatic heterocycles. The molecule has 2 heterocycles. The molecular formula is C30H29N3O3. The molecule has 0 aliphatic carbocycles. The fourth-order valence-electron chi connectivity index (χ4n) is 4.65. The molecular weight excluding hydrogens is 450 g/mol. The van der Waals surface area contributed by atoms with Crippen LogP contribution in [0.3, 0.4) is 0 Å². The summed E-state index contributed by atoms with van der Waals surface area (Å²) in [5.41, 5.74) is 6.41.